The summed E-state index contributed by atoms with van der Waals surface area (Å²) in [6, 6.07) is 7.72. The van der Waals surface area contributed by atoms with E-state index in [-0.39, 0.29) is 11.8 Å². The molecule has 7 heteroatoms. The van der Waals surface area contributed by atoms with Crippen molar-refractivity contribution in [1.29, 1.82) is 0 Å². The van der Waals surface area contributed by atoms with Gasteiger partial charge in [0.2, 0.25) is 5.82 Å². The Labute approximate surface area is 140 Å². The SMILES string of the molecule is CNC(=O)c1nnc2n1CCN(C(=O)c1ccc(C(C)C)cc1)C2. The molecule has 0 saturated heterocycles. The van der Waals surface area contributed by atoms with E-state index in [4.69, 9.17) is 0 Å². The molecule has 2 aromatic rings. The normalized spacial score (nSPS) is 13.8. The highest BCUT2D eigenvalue weighted by Gasteiger charge is 2.27. The van der Waals surface area contributed by atoms with Crippen molar-refractivity contribution < 1.29 is 9.59 Å². The van der Waals surface area contributed by atoms with Gasteiger partial charge in [-0.05, 0) is 23.6 Å². The summed E-state index contributed by atoms with van der Waals surface area (Å²) in [6.45, 7) is 5.64. The van der Waals surface area contributed by atoms with E-state index in [0.717, 1.165) is 0 Å². The lowest BCUT2D eigenvalue weighted by atomic mass is 10.0. The number of nitrogens with one attached hydrogen (secondary N) is 1. The molecular weight excluding hydrogens is 306 g/mol. The summed E-state index contributed by atoms with van der Waals surface area (Å²) < 4.78 is 1.77. The third-order valence-corrected chi connectivity index (χ3v) is 4.29. The topological polar surface area (TPSA) is 80.1 Å². The molecule has 0 spiro atoms. The molecule has 7 nitrogen and oxygen atoms in total. The largest absolute Gasteiger partial charge is 0.352 e. The molecule has 1 N–H and O–H groups in total. The van der Waals surface area contributed by atoms with Gasteiger partial charge in [-0.2, -0.15) is 0 Å². The lowest BCUT2D eigenvalue weighted by Crippen LogP contribution is -2.39. The maximum atomic E-state index is 12.7. The first kappa shape index (κ1) is 16.2. The van der Waals surface area contributed by atoms with E-state index in [9.17, 15) is 9.59 Å². The highest BCUT2D eigenvalue weighted by atomic mass is 16.2. The summed E-state index contributed by atoms with van der Waals surface area (Å²) >= 11 is 0. The van der Waals surface area contributed by atoms with Crippen molar-refractivity contribution in [3.05, 3.63) is 47.0 Å². The van der Waals surface area contributed by atoms with Gasteiger partial charge >= 0.3 is 0 Å². The molecule has 1 aromatic carbocycles. The molecule has 0 aliphatic carbocycles. The van der Waals surface area contributed by atoms with Crippen LogP contribution in [0.25, 0.3) is 0 Å². The molecule has 2 amide bonds. The number of hydrogen-bond acceptors (Lipinski definition) is 4. The molecule has 3 rings (SSSR count). The Morgan fingerprint density at radius 2 is 1.83 bits per heavy atom. The maximum Gasteiger partial charge on any atom is 0.288 e. The summed E-state index contributed by atoms with van der Waals surface area (Å²) in [5.41, 5.74) is 1.87. The quantitative estimate of drug-likeness (QED) is 0.924. The second-order valence-corrected chi connectivity index (χ2v) is 6.17. The fourth-order valence-electron chi connectivity index (χ4n) is 2.80. The van der Waals surface area contributed by atoms with E-state index < -0.39 is 0 Å². The van der Waals surface area contributed by atoms with Crippen molar-refractivity contribution in [2.24, 2.45) is 0 Å². The van der Waals surface area contributed by atoms with Crippen LogP contribution < -0.4 is 5.32 Å². The number of rotatable bonds is 3. The summed E-state index contributed by atoms with van der Waals surface area (Å²) in [6.07, 6.45) is 0. The van der Waals surface area contributed by atoms with Crippen LogP contribution in [0.5, 0.6) is 0 Å². The van der Waals surface area contributed by atoms with Gasteiger partial charge in [-0.25, -0.2) is 0 Å². The predicted octanol–water partition coefficient (Wildman–Crippen LogP) is 1.42. The van der Waals surface area contributed by atoms with Gasteiger partial charge in [0.15, 0.2) is 5.82 Å². The van der Waals surface area contributed by atoms with Crippen LogP contribution in [-0.2, 0) is 13.1 Å². The lowest BCUT2D eigenvalue weighted by Gasteiger charge is -2.27. The first-order chi connectivity index (χ1) is 11.5. The number of aromatic nitrogens is 3. The number of carbonyl (C=O) groups is 2. The summed E-state index contributed by atoms with van der Waals surface area (Å²) in [5, 5.41) is 10.5. The van der Waals surface area contributed by atoms with Crippen LogP contribution in [-0.4, -0.2) is 45.1 Å². The average Bonchev–Trinajstić information content (AvgIpc) is 3.03. The summed E-state index contributed by atoms with van der Waals surface area (Å²) in [5.74, 6) is 1.07. The van der Waals surface area contributed by atoms with Crippen LogP contribution >= 0.6 is 0 Å². The second kappa shape index (κ2) is 6.43. The van der Waals surface area contributed by atoms with Crippen molar-refractivity contribution in [3.63, 3.8) is 0 Å². The average molecular weight is 327 g/mol. The molecule has 1 aliphatic rings. The molecule has 126 valence electrons. The van der Waals surface area contributed by atoms with Gasteiger partial charge in [-0.1, -0.05) is 26.0 Å². The molecule has 0 bridgehead atoms. The standard InChI is InChI=1S/C17H21N5O2/c1-11(2)12-4-6-13(7-5-12)17(24)21-8-9-22-14(10-21)19-20-15(22)16(23)18-3/h4-7,11H,8-10H2,1-3H3,(H,18,23). The summed E-state index contributed by atoms with van der Waals surface area (Å²) in [4.78, 5) is 26.2. The minimum atomic E-state index is -0.266. The van der Waals surface area contributed by atoms with E-state index in [1.807, 2.05) is 24.3 Å². The molecule has 1 aromatic heterocycles. The minimum absolute atomic E-state index is 0.0268. The predicted molar refractivity (Wildman–Crippen MR) is 88.7 cm³/mol. The van der Waals surface area contributed by atoms with Crippen molar-refractivity contribution >= 4 is 11.8 Å². The number of carbonyl (C=O) groups excluding carboxylic acids is 2. The molecule has 2 heterocycles. The Kier molecular flexibility index (Phi) is 4.33. The Balaban J connectivity index is 1.76. The van der Waals surface area contributed by atoms with Gasteiger partial charge in [0.25, 0.3) is 11.8 Å². The molecule has 0 unspecified atom stereocenters. The Hall–Kier alpha value is -2.70. The van der Waals surface area contributed by atoms with Crippen molar-refractivity contribution in [2.45, 2.75) is 32.9 Å². The van der Waals surface area contributed by atoms with E-state index in [1.54, 1.807) is 16.5 Å². The van der Waals surface area contributed by atoms with E-state index in [2.05, 4.69) is 29.4 Å². The first-order valence-electron chi connectivity index (χ1n) is 8.04. The third-order valence-electron chi connectivity index (χ3n) is 4.29. The number of nitrogens with zero attached hydrogens (tertiary/aromatic N) is 4. The number of hydrogen-bond donors (Lipinski definition) is 1. The van der Waals surface area contributed by atoms with Gasteiger partial charge in [0, 0.05) is 25.7 Å². The van der Waals surface area contributed by atoms with Gasteiger partial charge < -0.3 is 14.8 Å². The van der Waals surface area contributed by atoms with Gasteiger partial charge in [0.05, 0.1) is 6.54 Å². The van der Waals surface area contributed by atoms with Crippen molar-refractivity contribution in [3.8, 4) is 0 Å². The molecule has 0 fully saturated rings. The highest BCUT2D eigenvalue weighted by Crippen LogP contribution is 2.18. The lowest BCUT2D eigenvalue weighted by molar-refractivity contribution is 0.0706. The van der Waals surface area contributed by atoms with Gasteiger partial charge in [-0.3, -0.25) is 9.59 Å². The van der Waals surface area contributed by atoms with Crippen LogP contribution in [0.2, 0.25) is 0 Å². The fraction of sp³-hybridized carbons (Fsp3) is 0.412. The van der Waals surface area contributed by atoms with Crippen molar-refractivity contribution in [2.75, 3.05) is 13.6 Å². The Morgan fingerprint density at radius 1 is 1.12 bits per heavy atom. The highest BCUT2D eigenvalue weighted by molar-refractivity contribution is 5.94. The minimum Gasteiger partial charge on any atom is -0.352 e. The van der Waals surface area contributed by atoms with E-state index in [1.165, 1.54) is 5.56 Å². The Morgan fingerprint density at radius 3 is 2.46 bits per heavy atom. The van der Waals surface area contributed by atoms with Crippen LogP contribution in [0, 0.1) is 0 Å². The van der Waals surface area contributed by atoms with Crippen molar-refractivity contribution in [1.82, 2.24) is 25.0 Å². The molecule has 0 saturated carbocycles. The van der Waals surface area contributed by atoms with Crippen LogP contribution in [0.15, 0.2) is 24.3 Å². The second-order valence-electron chi connectivity index (χ2n) is 6.17. The zero-order chi connectivity index (χ0) is 17.3. The monoisotopic (exact) mass is 327 g/mol. The van der Waals surface area contributed by atoms with Crippen LogP contribution in [0.3, 0.4) is 0 Å². The fourth-order valence-corrected chi connectivity index (χ4v) is 2.80. The molecule has 0 atom stereocenters. The maximum absolute atomic E-state index is 12.7. The zero-order valence-electron chi connectivity index (χ0n) is 14.1. The molecule has 1 aliphatic heterocycles. The van der Waals surface area contributed by atoms with Crippen LogP contribution in [0.1, 0.15) is 52.1 Å². The van der Waals surface area contributed by atoms with E-state index in [0.29, 0.717) is 42.8 Å². The molecule has 24 heavy (non-hydrogen) atoms. The van der Waals surface area contributed by atoms with E-state index >= 15 is 0 Å². The molecular formula is C17H21N5O2. The Bertz CT molecular complexity index is 764. The number of amides is 2. The number of fused-ring (bicyclic) bond motifs is 1. The van der Waals surface area contributed by atoms with Gasteiger partial charge in [0.1, 0.15) is 0 Å². The first-order valence-corrected chi connectivity index (χ1v) is 8.04. The van der Waals surface area contributed by atoms with Gasteiger partial charge in [-0.15, -0.1) is 10.2 Å². The zero-order valence-corrected chi connectivity index (χ0v) is 14.1. The number of benzene rings is 1. The summed E-state index contributed by atoms with van der Waals surface area (Å²) in [7, 11) is 1.56. The smallest absolute Gasteiger partial charge is 0.288 e. The van der Waals surface area contributed by atoms with Crippen LogP contribution in [0.4, 0.5) is 0 Å². The molecule has 0 radical (unpaired) electrons. The third kappa shape index (κ3) is 2.89.